The van der Waals surface area contributed by atoms with E-state index in [1.807, 2.05) is 5.01 Å². The molecule has 1 amide bonds. The molecule has 0 aromatic rings. The maximum Gasteiger partial charge on any atom is 0.238 e. The molecular formula is C48H102N6O. The van der Waals surface area contributed by atoms with Crippen molar-refractivity contribution in [2.75, 3.05) is 45.8 Å². The van der Waals surface area contributed by atoms with Gasteiger partial charge in [-0.1, -0.05) is 213 Å². The van der Waals surface area contributed by atoms with E-state index in [4.69, 9.17) is 11.6 Å². The van der Waals surface area contributed by atoms with Crippen molar-refractivity contribution < 1.29 is 4.79 Å². The molecule has 7 heteroatoms. The van der Waals surface area contributed by atoms with Gasteiger partial charge in [-0.3, -0.25) is 10.6 Å². The van der Waals surface area contributed by atoms with Crippen molar-refractivity contribution in [3.8, 4) is 0 Å². The molecule has 0 aliphatic rings. The van der Waals surface area contributed by atoms with E-state index in [-0.39, 0.29) is 11.9 Å². The second-order valence-electron chi connectivity index (χ2n) is 17.1. The number of carbonyl (C=O) groups is 1. The topological polar surface area (TPSA) is 108 Å². The van der Waals surface area contributed by atoms with Crippen LogP contribution in [0.2, 0.25) is 0 Å². The predicted molar refractivity (Wildman–Crippen MR) is 245 cm³/mol. The molecule has 0 heterocycles. The number of nitrogens with zero attached hydrogens (tertiary/aromatic N) is 1. The summed E-state index contributed by atoms with van der Waals surface area (Å²) in [6, 6.07) is -0.206. The Kier molecular flexibility index (Phi) is 47.0. The van der Waals surface area contributed by atoms with Gasteiger partial charge in [0.15, 0.2) is 0 Å². The molecule has 0 aromatic carbocycles. The number of unbranched alkanes of at least 4 members (excludes halogenated alkanes) is 31. The summed E-state index contributed by atoms with van der Waals surface area (Å²) in [6.07, 6.45) is 49.0. The second kappa shape index (κ2) is 47.6. The van der Waals surface area contributed by atoms with Crippen LogP contribution < -0.4 is 27.5 Å². The normalized spacial score (nSPS) is 12.2. The van der Waals surface area contributed by atoms with Crippen LogP contribution in [0, 0.1) is 0 Å². The van der Waals surface area contributed by atoms with Crippen LogP contribution >= 0.6 is 0 Å². The van der Waals surface area contributed by atoms with E-state index in [1.165, 1.54) is 205 Å². The van der Waals surface area contributed by atoms with Gasteiger partial charge < -0.3 is 21.7 Å². The van der Waals surface area contributed by atoms with Crippen molar-refractivity contribution in [3.63, 3.8) is 0 Å². The first-order valence-electron chi connectivity index (χ1n) is 25.1. The number of hydrogen-bond donors (Lipinski definition) is 5. The number of carbonyl (C=O) groups excluding carboxylic acids is 1. The van der Waals surface area contributed by atoms with Gasteiger partial charge in [0, 0.05) is 13.1 Å². The zero-order chi connectivity index (χ0) is 40.0. The first kappa shape index (κ1) is 54.3. The smallest absolute Gasteiger partial charge is 0.238 e. The Bertz CT molecular complexity index is 725. The molecule has 0 radical (unpaired) electrons. The number of rotatable bonds is 48. The molecular weight excluding hydrogens is 677 g/mol. The van der Waals surface area contributed by atoms with Crippen LogP contribution in [0.1, 0.15) is 251 Å². The van der Waals surface area contributed by atoms with Crippen molar-refractivity contribution in [1.29, 1.82) is 0 Å². The quantitative estimate of drug-likeness (QED) is 0.0239. The van der Waals surface area contributed by atoms with Crippen molar-refractivity contribution >= 4 is 5.91 Å². The molecule has 0 saturated carbocycles. The Morgan fingerprint density at radius 1 is 0.418 bits per heavy atom. The largest absolute Gasteiger partial charge is 0.355 e. The lowest BCUT2D eigenvalue weighted by Gasteiger charge is -2.27. The van der Waals surface area contributed by atoms with Crippen LogP contribution in [0.3, 0.4) is 0 Å². The molecule has 0 spiro atoms. The van der Waals surface area contributed by atoms with E-state index in [0.717, 1.165) is 77.9 Å². The Labute approximate surface area is 345 Å². The minimum absolute atomic E-state index is 0.128. The zero-order valence-electron chi connectivity index (χ0n) is 37.7. The molecule has 330 valence electrons. The van der Waals surface area contributed by atoms with Crippen LogP contribution in [-0.2, 0) is 4.79 Å². The highest BCUT2D eigenvalue weighted by Crippen LogP contribution is 2.17. The highest BCUT2D eigenvalue weighted by molar-refractivity contribution is 5.81. The molecule has 1 atom stereocenters. The zero-order valence-corrected chi connectivity index (χ0v) is 37.7. The fourth-order valence-electron chi connectivity index (χ4n) is 7.85. The van der Waals surface area contributed by atoms with Gasteiger partial charge in [-0.05, 0) is 71.2 Å². The summed E-state index contributed by atoms with van der Waals surface area (Å²) in [7, 11) is 0. The van der Waals surface area contributed by atoms with Crippen LogP contribution in [0.25, 0.3) is 0 Å². The molecule has 55 heavy (non-hydrogen) atoms. The lowest BCUT2D eigenvalue weighted by Crippen LogP contribution is -2.51. The molecule has 0 aliphatic carbocycles. The highest BCUT2D eigenvalue weighted by Gasteiger charge is 2.22. The summed E-state index contributed by atoms with van der Waals surface area (Å²) in [6.45, 7) is 10.9. The summed E-state index contributed by atoms with van der Waals surface area (Å²) in [4.78, 5) is 13.4. The Balaban J connectivity index is 4.19. The number of nitrogens with two attached hydrogens (primary N) is 2. The minimum atomic E-state index is -0.206. The molecule has 0 aromatic heterocycles. The van der Waals surface area contributed by atoms with E-state index in [0.29, 0.717) is 0 Å². The first-order valence-corrected chi connectivity index (χ1v) is 25.1. The van der Waals surface area contributed by atoms with E-state index >= 15 is 0 Å². The van der Waals surface area contributed by atoms with Gasteiger partial charge in [0.25, 0.3) is 0 Å². The lowest BCUT2D eigenvalue weighted by molar-refractivity contribution is -0.127. The summed E-state index contributed by atoms with van der Waals surface area (Å²) in [5.41, 5.74) is 5.55. The maximum atomic E-state index is 13.4. The SMILES string of the molecule is CCCCCCCCCCCCCCCCCCC(C(=O)NCCCNCCCCNCCCN)N(N)CCCCCCCCCCCCCCCCCC. The Hall–Kier alpha value is -0.730. The van der Waals surface area contributed by atoms with Gasteiger partial charge in [0.1, 0.15) is 6.04 Å². The van der Waals surface area contributed by atoms with Gasteiger partial charge in [-0.15, -0.1) is 0 Å². The maximum absolute atomic E-state index is 13.4. The van der Waals surface area contributed by atoms with Crippen LogP contribution in [-0.4, -0.2) is 62.8 Å². The number of amides is 1. The molecule has 1 unspecified atom stereocenters. The van der Waals surface area contributed by atoms with Crippen LogP contribution in [0.4, 0.5) is 0 Å². The summed E-state index contributed by atoms with van der Waals surface area (Å²) in [5, 5.41) is 12.1. The molecule has 0 rings (SSSR count). The van der Waals surface area contributed by atoms with Gasteiger partial charge in [0.2, 0.25) is 5.91 Å². The lowest BCUT2D eigenvalue weighted by atomic mass is 10.0. The van der Waals surface area contributed by atoms with E-state index in [1.54, 1.807) is 0 Å². The average molecular weight is 779 g/mol. The fourth-order valence-corrected chi connectivity index (χ4v) is 7.85. The van der Waals surface area contributed by atoms with E-state index in [2.05, 4.69) is 29.8 Å². The monoisotopic (exact) mass is 779 g/mol. The molecule has 7 nitrogen and oxygen atoms in total. The second-order valence-corrected chi connectivity index (χ2v) is 17.1. The third kappa shape index (κ3) is 42.7. The summed E-state index contributed by atoms with van der Waals surface area (Å²) >= 11 is 0. The number of hydrazine groups is 1. The fraction of sp³-hybridized carbons (Fsp3) is 0.979. The molecule has 0 bridgehead atoms. The van der Waals surface area contributed by atoms with Crippen molar-refractivity contribution in [2.45, 2.75) is 257 Å². The number of nitrogens with one attached hydrogen (secondary N) is 3. The molecule has 0 saturated heterocycles. The first-order chi connectivity index (χ1) is 27.2. The Morgan fingerprint density at radius 2 is 0.745 bits per heavy atom. The van der Waals surface area contributed by atoms with Gasteiger partial charge >= 0.3 is 0 Å². The van der Waals surface area contributed by atoms with Crippen molar-refractivity contribution in [2.24, 2.45) is 11.6 Å². The third-order valence-electron chi connectivity index (χ3n) is 11.6. The van der Waals surface area contributed by atoms with E-state index in [9.17, 15) is 4.79 Å². The average Bonchev–Trinajstić information content (AvgIpc) is 3.19. The summed E-state index contributed by atoms with van der Waals surface area (Å²) in [5.74, 6) is 6.76. The van der Waals surface area contributed by atoms with E-state index < -0.39 is 0 Å². The highest BCUT2D eigenvalue weighted by atomic mass is 16.2. The Morgan fingerprint density at radius 3 is 1.13 bits per heavy atom. The van der Waals surface area contributed by atoms with Gasteiger partial charge in [-0.2, -0.15) is 0 Å². The standard InChI is InChI=1S/C48H102N6O/c1-3-5-7-9-11-13-15-17-19-21-23-25-27-29-31-33-39-47(48(55)53-45-38-44-52-42-35-34-41-51-43-37-40-49)54(50)46-36-32-30-28-26-24-22-20-18-16-14-12-10-8-6-4-2/h47,51-52H,3-46,49-50H2,1-2H3,(H,53,55). The van der Waals surface area contributed by atoms with Gasteiger partial charge in [0.05, 0.1) is 0 Å². The summed E-state index contributed by atoms with van der Waals surface area (Å²) < 4.78 is 0. The van der Waals surface area contributed by atoms with Crippen molar-refractivity contribution in [3.05, 3.63) is 0 Å². The molecule has 7 N–H and O–H groups in total. The van der Waals surface area contributed by atoms with Crippen LogP contribution in [0.15, 0.2) is 0 Å². The molecule has 0 fully saturated rings. The minimum Gasteiger partial charge on any atom is -0.355 e. The predicted octanol–water partition coefficient (Wildman–Crippen LogP) is 12.3. The van der Waals surface area contributed by atoms with Gasteiger partial charge in [-0.25, -0.2) is 5.01 Å². The number of hydrogen-bond acceptors (Lipinski definition) is 6. The van der Waals surface area contributed by atoms with Crippen LogP contribution in [0.5, 0.6) is 0 Å². The third-order valence-corrected chi connectivity index (χ3v) is 11.6. The van der Waals surface area contributed by atoms with Crippen molar-refractivity contribution in [1.82, 2.24) is 21.0 Å². The molecule has 0 aliphatic heterocycles.